The fourth-order valence-electron chi connectivity index (χ4n) is 13.1. The Hall–Kier alpha value is -6.13. The molecule has 4 fully saturated rings. The molecule has 0 N–H and O–H groups in total. The molecule has 1 aliphatic heterocycles. The standard InChI is InChI=1S/C59H58N4/c1-57(2,3)44-33-45(35-49(34-44)62-38-61(48-18-10-7-11-19-48)53-22-14-15-23-54(53)62)58(4,5)42-24-25-51-50-20-12-13-21-52(50)63(55(51)36-42)56-37-43(26-27-60-56)59(41-16-8-6-9-17-41)46-29-39-28-40(31-46)32-47(59)30-39/h6-27,33-37,39-40,46-47H,28-32,38H2,1-5H3. The summed E-state index contributed by atoms with van der Waals surface area (Å²) >= 11 is 0. The molecule has 0 unspecified atom stereocenters. The van der Waals surface area contributed by atoms with Gasteiger partial charge >= 0.3 is 0 Å². The zero-order valence-corrected chi connectivity index (χ0v) is 37.4. The van der Waals surface area contributed by atoms with Crippen LogP contribution in [0.3, 0.4) is 0 Å². The molecule has 6 aromatic carbocycles. The van der Waals surface area contributed by atoms with Crippen LogP contribution in [0.1, 0.15) is 94.5 Å². The van der Waals surface area contributed by atoms with E-state index in [1.165, 1.54) is 104 Å². The van der Waals surface area contributed by atoms with Gasteiger partial charge in [0.25, 0.3) is 0 Å². The first-order chi connectivity index (χ1) is 30.6. The van der Waals surface area contributed by atoms with Gasteiger partial charge in [0.2, 0.25) is 0 Å². The number of nitrogens with zero attached hydrogens (tertiary/aromatic N) is 4. The number of para-hydroxylation sites is 4. The molecule has 63 heavy (non-hydrogen) atoms. The van der Waals surface area contributed by atoms with E-state index in [-0.39, 0.29) is 16.2 Å². The van der Waals surface area contributed by atoms with Crippen molar-refractivity contribution in [2.45, 2.75) is 83.0 Å². The van der Waals surface area contributed by atoms with E-state index >= 15 is 0 Å². The summed E-state index contributed by atoms with van der Waals surface area (Å²) in [6.45, 7) is 12.6. The van der Waals surface area contributed by atoms with Crippen molar-refractivity contribution in [2.24, 2.45) is 23.7 Å². The quantitative estimate of drug-likeness (QED) is 0.160. The van der Waals surface area contributed by atoms with Gasteiger partial charge in [0, 0.05) is 39.2 Å². The number of hydrogen-bond acceptors (Lipinski definition) is 3. The molecule has 0 atom stereocenters. The molecule has 4 nitrogen and oxygen atoms in total. The predicted molar refractivity (Wildman–Crippen MR) is 262 cm³/mol. The van der Waals surface area contributed by atoms with Gasteiger partial charge in [0.1, 0.15) is 12.5 Å². The molecule has 4 heteroatoms. The van der Waals surface area contributed by atoms with Crippen molar-refractivity contribution < 1.29 is 0 Å². The molecule has 3 heterocycles. The van der Waals surface area contributed by atoms with E-state index < -0.39 is 0 Å². The monoisotopic (exact) mass is 822 g/mol. The minimum atomic E-state index is -0.309. The first kappa shape index (κ1) is 38.5. The van der Waals surface area contributed by atoms with E-state index in [4.69, 9.17) is 4.98 Å². The van der Waals surface area contributed by atoms with Gasteiger partial charge in [-0.2, -0.15) is 0 Å². The summed E-state index contributed by atoms with van der Waals surface area (Å²) in [5.74, 6) is 4.13. The molecule has 13 rings (SSSR count). The number of fused-ring (bicyclic) bond motifs is 4. The van der Waals surface area contributed by atoms with E-state index in [0.29, 0.717) is 11.8 Å². The highest BCUT2D eigenvalue weighted by Gasteiger charge is 2.58. The van der Waals surface area contributed by atoms with Crippen LogP contribution in [-0.2, 0) is 16.2 Å². The van der Waals surface area contributed by atoms with Crippen molar-refractivity contribution in [3.05, 3.63) is 192 Å². The average Bonchev–Trinajstić information content (AvgIpc) is 3.85. The predicted octanol–water partition coefficient (Wildman–Crippen LogP) is 14.8. The summed E-state index contributed by atoms with van der Waals surface area (Å²) in [6, 6.07) is 59.6. The van der Waals surface area contributed by atoms with Crippen LogP contribution in [0.2, 0.25) is 0 Å². The maximum atomic E-state index is 5.26. The third-order valence-electron chi connectivity index (χ3n) is 16.2. The molecule has 4 aliphatic carbocycles. The minimum absolute atomic E-state index is 0.0159. The number of pyridine rings is 1. The van der Waals surface area contributed by atoms with E-state index in [1.54, 1.807) is 0 Å². The number of rotatable bonds is 7. The molecule has 0 saturated heterocycles. The Kier molecular flexibility index (Phi) is 8.68. The SMILES string of the molecule is CC(C)(C)c1cc(N2CN(c3ccccc3)c3ccccc32)cc(C(C)(C)c2ccc3c4ccccc4n(-c4cc(C5(c6ccccc6)C6CC7CC(C6)CC5C7)ccn4)c3c2)c1. The highest BCUT2D eigenvalue weighted by molar-refractivity contribution is 6.09. The lowest BCUT2D eigenvalue weighted by Gasteiger charge is -2.62. The van der Waals surface area contributed by atoms with Crippen LogP contribution in [0.5, 0.6) is 0 Å². The maximum absolute atomic E-state index is 5.26. The first-order valence-corrected chi connectivity index (χ1v) is 23.5. The minimum Gasteiger partial charge on any atom is -0.321 e. The van der Waals surface area contributed by atoms with Crippen LogP contribution < -0.4 is 9.80 Å². The van der Waals surface area contributed by atoms with E-state index in [1.807, 2.05) is 0 Å². The Morgan fingerprint density at radius 1 is 0.492 bits per heavy atom. The fourth-order valence-corrected chi connectivity index (χ4v) is 13.1. The third kappa shape index (κ3) is 5.96. The van der Waals surface area contributed by atoms with Crippen molar-refractivity contribution in [1.29, 1.82) is 0 Å². The van der Waals surface area contributed by atoms with Crippen LogP contribution in [-0.4, -0.2) is 16.2 Å². The Morgan fingerprint density at radius 2 is 1.10 bits per heavy atom. The van der Waals surface area contributed by atoms with Gasteiger partial charge < -0.3 is 9.80 Å². The second kappa shape index (κ2) is 14.2. The first-order valence-electron chi connectivity index (χ1n) is 23.5. The Morgan fingerprint density at radius 3 is 1.79 bits per heavy atom. The van der Waals surface area contributed by atoms with Gasteiger partial charge in [-0.15, -0.1) is 0 Å². The maximum Gasteiger partial charge on any atom is 0.137 e. The van der Waals surface area contributed by atoms with E-state index in [9.17, 15) is 0 Å². The molecule has 0 spiro atoms. The number of hydrogen-bond donors (Lipinski definition) is 0. The topological polar surface area (TPSA) is 24.3 Å². The summed E-state index contributed by atoms with van der Waals surface area (Å²) in [6.07, 6.45) is 8.95. The van der Waals surface area contributed by atoms with Crippen molar-refractivity contribution in [1.82, 2.24) is 9.55 Å². The number of anilines is 4. The van der Waals surface area contributed by atoms with Crippen molar-refractivity contribution >= 4 is 44.6 Å². The molecular formula is C59H58N4. The molecule has 314 valence electrons. The second-order valence-corrected chi connectivity index (χ2v) is 21.0. The molecule has 0 radical (unpaired) electrons. The largest absolute Gasteiger partial charge is 0.321 e. The zero-order chi connectivity index (χ0) is 42.7. The normalized spacial score (nSPS) is 22.9. The molecule has 8 aromatic rings. The highest BCUT2D eigenvalue weighted by atomic mass is 15.4. The van der Waals surface area contributed by atoms with Crippen molar-refractivity contribution in [3.63, 3.8) is 0 Å². The lowest BCUT2D eigenvalue weighted by atomic mass is 9.42. The molecule has 4 bridgehead atoms. The lowest BCUT2D eigenvalue weighted by molar-refractivity contribution is -0.0418. The van der Waals surface area contributed by atoms with Crippen molar-refractivity contribution in [3.8, 4) is 5.82 Å². The Labute approximate surface area is 373 Å². The van der Waals surface area contributed by atoms with Gasteiger partial charge in [0.05, 0.1) is 22.4 Å². The van der Waals surface area contributed by atoms with Crippen LogP contribution in [0.25, 0.3) is 27.6 Å². The second-order valence-electron chi connectivity index (χ2n) is 21.0. The van der Waals surface area contributed by atoms with Gasteiger partial charge in [-0.05, 0) is 150 Å². The van der Waals surface area contributed by atoms with Crippen LogP contribution >= 0.6 is 0 Å². The summed E-state index contributed by atoms with van der Waals surface area (Å²) in [5.41, 5.74) is 13.9. The summed E-state index contributed by atoms with van der Waals surface area (Å²) in [4.78, 5) is 10.2. The smallest absolute Gasteiger partial charge is 0.137 e. The molecular weight excluding hydrogens is 765 g/mol. The van der Waals surface area contributed by atoms with Gasteiger partial charge in [-0.1, -0.05) is 132 Å². The van der Waals surface area contributed by atoms with Gasteiger partial charge in [-0.25, -0.2) is 4.98 Å². The Balaban J connectivity index is 0.995. The van der Waals surface area contributed by atoms with Crippen LogP contribution in [0.15, 0.2) is 164 Å². The van der Waals surface area contributed by atoms with E-state index in [2.05, 4.69) is 213 Å². The number of benzene rings is 6. The Bertz CT molecular complexity index is 3000. The van der Waals surface area contributed by atoms with Crippen molar-refractivity contribution in [2.75, 3.05) is 16.5 Å². The highest BCUT2D eigenvalue weighted by Crippen LogP contribution is 2.65. The molecule has 2 aromatic heterocycles. The number of aromatic nitrogens is 2. The van der Waals surface area contributed by atoms with E-state index in [0.717, 1.165) is 24.3 Å². The summed E-state index contributed by atoms with van der Waals surface area (Å²) in [5, 5.41) is 2.53. The lowest BCUT2D eigenvalue weighted by Crippen LogP contribution is -2.56. The van der Waals surface area contributed by atoms with Gasteiger partial charge in [0.15, 0.2) is 0 Å². The fraction of sp³-hybridized carbons (Fsp3) is 0.305. The summed E-state index contributed by atoms with van der Waals surface area (Å²) in [7, 11) is 0. The van der Waals surface area contributed by atoms with Gasteiger partial charge in [-0.3, -0.25) is 4.57 Å². The third-order valence-corrected chi connectivity index (χ3v) is 16.2. The van der Waals surface area contributed by atoms with Crippen LogP contribution in [0.4, 0.5) is 22.7 Å². The average molecular weight is 823 g/mol. The molecule has 5 aliphatic rings. The van der Waals surface area contributed by atoms with Crippen LogP contribution in [0, 0.1) is 23.7 Å². The zero-order valence-electron chi connectivity index (χ0n) is 37.4. The molecule has 4 saturated carbocycles. The summed E-state index contributed by atoms with van der Waals surface area (Å²) < 4.78 is 2.47. The molecule has 0 amide bonds.